The van der Waals surface area contributed by atoms with Gasteiger partial charge in [0.15, 0.2) is 0 Å². The highest BCUT2D eigenvalue weighted by Crippen LogP contribution is 2.32. The van der Waals surface area contributed by atoms with Crippen molar-refractivity contribution < 1.29 is 9.53 Å². The van der Waals surface area contributed by atoms with Gasteiger partial charge in [0.2, 0.25) is 0 Å². The third kappa shape index (κ3) is 4.32. The van der Waals surface area contributed by atoms with E-state index in [0.29, 0.717) is 11.6 Å². The number of ether oxygens (including phenoxy) is 1. The molecule has 0 atom stereocenters. The zero-order valence-corrected chi connectivity index (χ0v) is 17.2. The van der Waals surface area contributed by atoms with Crippen LogP contribution in [0.4, 0.5) is 11.4 Å². The minimum atomic E-state index is -0.120. The number of aromatic amines is 1. The summed E-state index contributed by atoms with van der Waals surface area (Å²) in [6, 6.07) is 26.1. The molecule has 31 heavy (non-hydrogen) atoms. The SMILES string of the molecule is O=C(Nc1ccccc1)c1cc(NC2CCOCC2)c2[nH]c(-c3ccccc3)cc2c1. The van der Waals surface area contributed by atoms with E-state index in [4.69, 9.17) is 4.74 Å². The van der Waals surface area contributed by atoms with Gasteiger partial charge in [-0.15, -0.1) is 0 Å². The predicted molar refractivity (Wildman–Crippen MR) is 126 cm³/mol. The zero-order valence-electron chi connectivity index (χ0n) is 17.2. The molecule has 1 aromatic heterocycles. The number of aromatic nitrogens is 1. The van der Waals surface area contributed by atoms with Crippen molar-refractivity contribution in [2.24, 2.45) is 0 Å². The van der Waals surface area contributed by atoms with Crippen molar-refractivity contribution in [2.75, 3.05) is 23.8 Å². The Balaban J connectivity index is 1.53. The predicted octanol–water partition coefficient (Wildman–Crippen LogP) is 5.68. The molecule has 5 heteroatoms. The highest BCUT2D eigenvalue weighted by molar-refractivity contribution is 6.09. The fourth-order valence-electron chi connectivity index (χ4n) is 4.05. The van der Waals surface area contributed by atoms with Gasteiger partial charge in [0.25, 0.3) is 5.91 Å². The van der Waals surface area contributed by atoms with Crippen LogP contribution in [0.3, 0.4) is 0 Å². The molecule has 1 amide bonds. The number of hydrogen-bond donors (Lipinski definition) is 3. The van der Waals surface area contributed by atoms with E-state index in [9.17, 15) is 4.79 Å². The quantitative estimate of drug-likeness (QED) is 0.396. The van der Waals surface area contributed by atoms with E-state index in [2.05, 4.69) is 33.8 Å². The summed E-state index contributed by atoms with van der Waals surface area (Å²) >= 11 is 0. The Hall–Kier alpha value is -3.57. The molecule has 0 saturated carbocycles. The number of rotatable bonds is 5. The third-order valence-corrected chi connectivity index (χ3v) is 5.69. The Kier molecular flexibility index (Phi) is 5.42. The molecule has 1 aliphatic heterocycles. The van der Waals surface area contributed by atoms with Crippen LogP contribution in [0, 0.1) is 0 Å². The first-order valence-corrected chi connectivity index (χ1v) is 10.7. The number of anilines is 2. The standard InChI is InChI=1S/C26H25N3O2/c30-26(28-21-9-5-2-6-10-21)20-15-19-16-23(18-7-3-1-4-8-18)29-25(19)24(17-20)27-22-11-13-31-14-12-22/h1-10,15-17,22,27,29H,11-14H2,(H,28,30). The summed E-state index contributed by atoms with van der Waals surface area (Å²) in [6.45, 7) is 1.52. The average molecular weight is 412 g/mol. The second kappa shape index (κ2) is 8.66. The van der Waals surface area contributed by atoms with Gasteiger partial charge in [-0.1, -0.05) is 48.5 Å². The monoisotopic (exact) mass is 411 g/mol. The van der Waals surface area contributed by atoms with E-state index in [0.717, 1.165) is 59.6 Å². The lowest BCUT2D eigenvalue weighted by molar-refractivity contribution is 0.0904. The van der Waals surface area contributed by atoms with E-state index in [1.807, 2.05) is 60.7 Å². The van der Waals surface area contributed by atoms with Gasteiger partial charge in [0, 0.05) is 41.6 Å². The molecule has 0 radical (unpaired) electrons. The third-order valence-electron chi connectivity index (χ3n) is 5.69. The van der Waals surface area contributed by atoms with E-state index < -0.39 is 0 Å². The van der Waals surface area contributed by atoms with Gasteiger partial charge < -0.3 is 20.4 Å². The maximum Gasteiger partial charge on any atom is 0.255 e. The molecule has 1 fully saturated rings. The van der Waals surface area contributed by atoms with Crippen molar-refractivity contribution >= 4 is 28.2 Å². The van der Waals surface area contributed by atoms with Crippen molar-refractivity contribution in [3.8, 4) is 11.3 Å². The Morgan fingerprint density at radius 3 is 2.35 bits per heavy atom. The lowest BCUT2D eigenvalue weighted by atomic mass is 10.1. The van der Waals surface area contributed by atoms with Crippen molar-refractivity contribution in [3.63, 3.8) is 0 Å². The first kappa shape index (κ1) is 19.4. The molecule has 5 nitrogen and oxygen atoms in total. The molecule has 0 bridgehead atoms. The largest absolute Gasteiger partial charge is 0.381 e. The van der Waals surface area contributed by atoms with E-state index in [1.165, 1.54) is 0 Å². The van der Waals surface area contributed by atoms with Gasteiger partial charge in [-0.3, -0.25) is 4.79 Å². The maximum absolute atomic E-state index is 13.0. The highest BCUT2D eigenvalue weighted by Gasteiger charge is 2.18. The number of carbonyl (C=O) groups excluding carboxylic acids is 1. The van der Waals surface area contributed by atoms with Crippen LogP contribution in [0.1, 0.15) is 23.2 Å². The molecule has 0 spiro atoms. The Morgan fingerprint density at radius 2 is 1.61 bits per heavy atom. The molecule has 3 aromatic carbocycles. The molecular weight excluding hydrogens is 386 g/mol. The summed E-state index contributed by atoms with van der Waals surface area (Å²) < 4.78 is 5.50. The Bertz CT molecular complexity index is 1180. The van der Waals surface area contributed by atoms with Crippen molar-refractivity contribution in [3.05, 3.63) is 84.4 Å². The van der Waals surface area contributed by atoms with Gasteiger partial charge in [0.1, 0.15) is 0 Å². The molecule has 5 rings (SSSR count). The lowest BCUT2D eigenvalue weighted by Gasteiger charge is -2.24. The molecule has 156 valence electrons. The first-order chi connectivity index (χ1) is 15.3. The number of nitrogens with one attached hydrogen (secondary N) is 3. The number of H-pyrrole nitrogens is 1. The smallest absolute Gasteiger partial charge is 0.255 e. The molecule has 2 heterocycles. The topological polar surface area (TPSA) is 66.2 Å². The summed E-state index contributed by atoms with van der Waals surface area (Å²) in [5, 5.41) is 7.66. The van der Waals surface area contributed by atoms with Gasteiger partial charge in [-0.05, 0) is 48.7 Å². The summed E-state index contributed by atoms with van der Waals surface area (Å²) in [5.74, 6) is -0.120. The fourth-order valence-corrected chi connectivity index (χ4v) is 4.05. The van der Waals surface area contributed by atoms with Crippen LogP contribution >= 0.6 is 0 Å². The van der Waals surface area contributed by atoms with Crippen LogP contribution < -0.4 is 10.6 Å². The number of para-hydroxylation sites is 1. The average Bonchev–Trinajstić information content (AvgIpc) is 3.26. The number of hydrogen-bond acceptors (Lipinski definition) is 3. The number of carbonyl (C=O) groups is 1. The highest BCUT2D eigenvalue weighted by atomic mass is 16.5. The van der Waals surface area contributed by atoms with Crippen LogP contribution in [0.15, 0.2) is 78.9 Å². The number of fused-ring (bicyclic) bond motifs is 1. The van der Waals surface area contributed by atoms with Crippen molar-refractivity contribution in [1.29, 1.82) is 0 Å². The van der Waals surface area contributed by atoms with Gasteiger partial charge in [0.05, 0.1) is 11.2 Å². The number of amides is 1. The molecule has 0 aliphatic carbocycles. The van der Waals surface area contributed by atoms with E-state index in [-0.39, 0.29) is 5.91 Å². The Morgan fingerprint density at radius 1 is 0.903 bits per heavy atom. The molecule has 1 aliphatic rings. The van der Waals surface area contributed by atoms with Crippen LogP contribution in [0.25, 0.3) is 22.2 Å². The summed E-state index contributed by atoms with van der Waals surface area (Å²) in [6.07, 6.45) is 1.91. The Labute approximate surface area is 181 Å². The molecule has 1 saturated heterocycles. The van der Waals surface area contributed by atoms with Gasteiger partial charge in [-0.2, -0.15) is 0 Å². The number of benzene rings is 3. The zero-order chi connectivity index (χ0) is 21.0. The fraction of sp³-hybridized carbons (Fsp3) is 0.192. The second-order valence-electron chi connectivity index (χ2n) is 7.89. The van der Waals surface area contributed by atoms with Crippen molar-refractivity contribution in [2.45, 2.75) is 18.9 Å². The van der Waals surface area contributed by atoms with Crippen LogP contribution in [-0.4, -0.2) is 30.1 Å². The summed E-state index contributed by atoms with van der Waals surface area (Å²) in [7, 11) is 0. The first-order valence-electron chi connectivity index (χ1n) is 10.7. The molecule has 4 aromatic rings. The summed E-state index contributed by atoms with van der Waals surface area (Å²) in [4.78, 5) is 16.6. The minimum absolute atomic E-state index is 0.120. The van der Waals surface area contributed by atoms with Gasteiger partial charge in [-0.25, -0.2) is 0 Å². The van der Waals surface area contributed by atoms with E-state index >= 15 is 0 Å². The molecular formula is C26H25N3O2. The second-order valence-corrected chi connectivity index (χ2v) is 7.89. The minimum Gasteiger partial charge on any atom is -0.381 e. The lowest BCUT2D eigenvalue weighted by Crippen LogP contribution is -2.28. The van der Waals surface area contributed by atoms with Crippen LogP contribution in [0.2, 0.25) is 0 Å². The van der Waals surface area contributed by atoms with Crippen LogP contribution in [0.5, 0.6) is 0 Å². The molecule has 3 N–H and O–H groups in total. The summed E-state index contributed by atoms with van der Waals surface area (Å²) in [5.41, 5.74) is 5.53. The van der Waals surface area contributed by atoms with Crippen LogP contribution in [-0.2, 0) is 4.74 Å². The van der Waals surface area contributed by atoms with Crippen molar-refractivity contribution in [1.82, 2.24) is 4.98 Å². The maximum atomic E-state index is 13.0. The normalized spacial score (nSPS) is 14.5. The van der Waals surface area contributed by atoms with E-state index in [1.54, 1.807) is 0 Å². The molecule has 0 unspecified atom stereocenters. The van der Waals surface area contributed by atoms with Gasteiger partial charge >= 0.3 is 0 Å².